The monoisotopic (exact) mass is 396 g/mol. The van der Waals surface area contributed by atoms with Crippen molar-refractivity contribution in [3.63, 3.8) is 0 Å². The van der Waals surface area contributed by atoms with Crippen molar-refractivity contribution in [2.45, 2.75) is 32.2 Å². The zero-order valence-electron chi connectivity index (χ0n) is 16.3. The lowest BCUT2D eigenvalue weighted by molar-refractivity contribution is 0.590. The lowest BCUT2D eigenvalue weighted by Crippen LogP contribution is -2.39. The van der Waals surface area contributed by atoms with E-state index in [4.69, 9.17) is 0 Å². The van der Waals surface area contributed by atoms with E-state index in [9.17, 15) is 8.42 Å². The number of nitrogens with zero attached hydrogens (tertiary/aromatic N) is 3. The molecule has 3 aromatic rings. The molecule has 1 aliphatic rings. The molecule has 0 radical (unpaired) electrons. The van der Waals surface area contributed by atoms with Crippen LogP contribution in [0.4, 0.5) is 11.4 Å². The summed E-state index contributed by atoms with van der Waals surface area (Å²) in [6.45, 7) is 7.61. The Labute approximate surface area is 165 Å². The molecule has 0 saturated carbocycles. The maximum Gasteiger partial charge on any atom is 0.264 e. The molecule has 0 saturated heterocycles. The van der Waals surface area contributed by atoms with Crippen LogP contribution in [0.5, 0.6) is 0 Å². The van der Waals surface area contributed by atoms with Crippen molar-refractivity contribution in [3.05, 3.63) is 59.9 Å². The summed E-state index contributed by atoms with van der Waals surface area (Å²) in [7, 11) is -3.65. The van der Waals surface area contributed by atoms with Gasteiger partial charge in [0.25, 0.3) is 10.0 Å². The Hall–Kier alpha value is -2.80. The van der Waals surface area contributed by atoms with Crippen LogP contribution in [0.15, 0.2) is 53.7 Å². The van der Waals surface area contributed by atoms with Crippen molar-refractivity contribution in [2.24, 2.45) is 0 Å². The zero-order chi connectivity index (χ0) is 19.9. The Morgan fingerprint density at radius 3 is 2.64 bits per heavy atom. The fourth-order valence-corrected chi connectivity index (χ4v) is 5.46. The van der Waals surface area contributed by atoms with Crippen LogP contribution in [-0.2, 0) is 16.6 Å². The lowest BCUT2D eigenvalue weighted by atomic mass is 10.1. The molecule has 0 spiro atoms. The number of aryl methyl sites for hydroxylation is 3. The van der Waals surface area contributed by atoms with Crippen LogP contribution in [0, 0.1) is 13.8 Å². The van der Waals surface area contributed by atoms with E-state index < -0.39 is 10.0 Å². The smallest absolute Gasteiger partial charge is 0.264 e. The molecule has 0 atom stereocenters. The van der Waals surface area contributed by atoms with Gasteiger partial charge in [0, 0.05) is 24.8 Å². The maximum absolute atomic E-state index is 13.5. The molecule has 0 aliphatic carbocycles. The molecule has 2 heterocycles. The van der Waals surface area contributed by atoms with E-state index in [0.717, 1.165) is 40.2 Å². The second kappa shape index (κ2) is 6.98. The van der Waals surface area contributed by atoms with Gasteiger partial charge in [-0.2, -0.15) is 5.10 Å². The number of benzene rings is 2. The Bertz CT molecular complexity index is 1140. The van der Waals surface area contributed by atoms with Gasteiger partial charge < -0.3 is 5.32 Å². The fourth-order valence-electron chi connectivity index (χ4n) is 3.70. The van der Waals surface area contributed by atoms with Crippen LogP contribution in [0.25, 0.3) is 11.1 Å². The minimum atomic E-state index is -3.65. The molecule has 7 heteroatoms. The average molecular weight is 397 g/mol. The Balaban J connectivity index is 1.75. The number of sulfonamides is 1. The number of anilines is 2. The van der Waals surface area contributed by atoms with Gasteiger partial charge in [-0.15, -0.1) is 0 Å². The third-order valence-electron chi connectivity index (χ3n) is 5.15. The molecule has 4 rings (SSSR count). The van der Waals surface area contributed by atoms with Crippen LogP contribution in [0.2, 0.25) is 0 Å². The van der Waals surface area contributed by atoms with Crippen LogP contribution >= 0.6 is 0 Å². The number of fused-ring (bicyclic) bond motifs is 1. The van der Waals surface area contributed by atoms with Gasteiger partial charge in [0.05, 0.1) is 29.0 Å². The largest absolute Gasteiger partial charge is 0.382 e. The number of para-hydroxylation sites is 1. The molecule has 1 N–H and O–H groups in total. The molecule has 1 aliphatic heterocycles. The summed E-state index contributed by atoms with van der Waals surface area (Å²) >= 11 is 0. The van der Waals surface area contributed by atoms with Gasteiger partial charge in [-0.25, -0.2) is 8.42 Å². The molecule has 0 unspecified atom stereocenters. The van der Waals surface area contributed by atoms with E-state index in [0.29, 0.717) is 18.0 Å². The molecule has 146 valence electrons. The normalized spacial score (nSPS) is 13.9. The molecule has 0 amide bonds. The van der Waals surface area contributed by atoms with E-state index in [-0.39, 0.29) is 0 Å². The van der Waals surface area contributed by atoms with Gasteiger partial charge in [-0.1, -0.05) is 18.2 Å². The highest BCUT2D eigenvalue weighted by Crippen LogP contribution is 2.37. The summed E-state index contributed by atoms with van der Waals surface area (Å²) in [4.78, 5) is 0.343. The molecule has 1 aromatic heterocycles. The van der Waals surface area contributed by atoms with Crippen molar-refractivity contribution in [3.8, 4) is 11.1 Å². The van der Waals surface area contributed by atoms with Crippen LogP contribution < -0.4 is 9.62 Å². The number of nitrogens with one attached hydrogen (secondary N) is 1. The summed E-state index contributed by atoms with van der Waals surface area (Å²) in [5, 5.41) is 7.60. The number of hydrogen-bond donors (Lipinski definition) is 1. The zero-order valence-corrected chi connectivity index (χ0v) is 17.1. The first kappa shape index (κ1) is 18.6. The van der Waals surface area contributed by atoms with Gasteiger partial charge in [0.15, 0.2) is 0 Å². The topological polar surface area (TPSA) is 67.2 Å². The van der Waals surface area contributed by atoms with Crippen LogP contribution in [0.1, 0.15) is 18.1 Å². The number of aromatic nitrogens is 2. The van der Waals surface area contributed by atoms with Crippen molar-refractivity contribution in [2.75, 3.05) is 22.7 Å². The highest BCUT2D eigenvalue weighted by Gasteiger charge is 2.31. The molecule has 6 nitrogen and oxygen atoms in total. The highest BCUT2D eigenvalue weighted by atomic mass is 32.2. The van der Waals surface area contributed by atoms with Crippen molar-refractivity contribution < 1.29 is 8.42 Å². The summed E-state index contributed by atoms with van der Waals surface area (Å²) in [5.74, 6) is 0. The third-order valence-corrected chi connectivity index (χ3v) is 7.11. The fraction of sp³-hybridized carbons (Fsp3) is 0.286. The molecular weight excluding hydrogens is 372 g/mol. The Morgan fingerprint density at radius 2 is 1.93 bits per heavy atom. The highest BCUT2D eigenvalue weighted by molar-refractivity contribution is 7.93. The Morgan fingerprint density at radius 1 is 1.11 bits per heavy atom. The summed E-state index contributed by atoms with van der Waals surface area (Å²) < 4.78 is 30.4. The van der Waals surface area contributed by atoms with Crippen molar-refractivity contribution >= 4 is 21.4 Å². The predicted molar refractivity (Wildman–Crippen MR) is 112 cm³/mol. The van der Waals surface area contributed by atoms with Crippen LogP contribution in [0.3, 0.4) is 0 Å². The van der Waals surface area contributed by atoms with Gasteiger partial charge in [0.1, 0.15) is 0 Å². The average Bonchev–Trinajstić information content (AvgIpc) is 3.17. The second-order valence-corrected chi connectivity index (χ2v) is 8.87. The first-order valence-electron chi connectivity index (χ1n) is 9.41. The summed E-state index contributed by atoms with van der Waals surface area (Å²) in [6.07, 6.45) is 3.78. The summed E-state index contributed by atoms with van der Waals surface area (Å²) in [5.41, 5.74) is 5.22. The molecule has 2 aromatic carbocycles. The maximum atomic E-state index is 13.5. The van der Waals surface area contributed by atoms with E-state index >= 15 is 0 Å². The number of rotatable bonds is 4. The van der Waals surface area contributed by atoms with E-state index in [2.05, 4.69) is 10.4 Å². The van der Waals surface area contributed by atoms with E-state index in [1.54, 1.807) is 6.07 Å². The minimum Gasteiger partial charge on any atom is -0.382 e. The van der Waals surface area contributed by atoms with E-state index in [1.165, 1.54) is 4.31 Å². The van der Waals surface area contributed by atoms with Gasteiger partial charge in [-0.3, -0.25) is 8.99 Å². The lowest BCUT2D eigenvalue weighted by Gasteiger charge is -2.33. The first-order valence-corrected chi connectivity index (χ1v) is 10.9. The van der Waals surface area contributed by atoms with Gasteiger partial charge in [-0.05, 0) is 55.7 Å². The Kier molecular flexibility index (Phi) is 4.63. The van der Waals surface area contributed by atoms with Crippen molar-refractivity contribution in [1.82, 2.24) is 9.78 Å². The molecule has 0 bridgehead atoms. The minimum absolute atomic E-state index is 0.343. The van der Waals surface area contributed by atoms with Gasteiger partial charge in [0.2, 0.25) is 0 Å². The standard InChI is InChI=1S/C21H24N4O2S/c1-4-24-14-18(13-23-24)17-8-9-20(16(3)12-17)28(26,27)25-11-10-22-19-7-5-6-15(2)21(19)25/h5-9,12-14,22H,4,10-11H2,1-3H3. The quantitative estimate of drug-likeness (QED) is 0.728. The van der Waals surface area contributed by atoms with Crippen molar-refractivity contribution in [1.29, 1.82) is 0 Å². The molecular formula is C21H24N4O2S. The molecule has 28 heavy (non-hydrogen) atoms. The van der Waals surface area contributed by atoms with Crippen LogP contribution in [-0.4, -0.2) is 31.3 Å². The summed E-state index contributed by atoms with van der Waals surface area (Å²) in [6, 6.07) is 11.3. The first-order chi connectivity index (χ1) is 13.4. The SMILES string of the molecule is CCn1cc(-c2ccc(S(=O)(=O)N3CCNc4cccc(C)c43)c(C)c2)cn1. The second-order valence-electron chi connectivity index (χ2n) is 7.04. The molecule has 0 fully saturated rings. The number of hydrogen-bond acceptors (Lipinski definition) is 4. The third kappa shape index (κ3) is 3.05. The van der Waals surface area contributed by atoms with E-state index in [1.807, 2.05) is 68.2 Å². The van der Waals surface area contributed by atoms with Gasteiger partial charge >= 0.3 is 0 Å². The predicted octanol–water partition coefficient (Wildman–Crippen LogP) is 3.81.